The summed E-state index contributed by atoms with van der Waals surface area (Å²) in [5, 5.41) is 0.778. The van der Waals surface area contributed by atoms with Gasteiger partial charge in [0.25, 0.3) is 0 Å². The number of amides is 1. The predicted molar refractivity (Wildman–Crippen MR) is 86.4 cm³/mol. The van der Waals surface area contributed by atoms with E-state index in [1.807, 2.05) is 36.2 Å². The van der Waals surface area contributed by atoms with E-state index in [1.54, 1.807) is 6.07 Å². The number of nitrogens with zero attached hydrogens (tertiary/aromatic N) is 2. The maximum atomic E-state index is 11.7. The van der Waals surface area contributed by atoms with Gasteiger partial charge in [-0.3, -0.25) is 4.79 Å². The van der Waals surface area contributed by atoms with Crippen molar-refractivity contribution in [2.45, 2.75) is 13.8 Å². The quantitative estimate of drug-likeness (QED) is 0.877. The van der Waals surface area contributed by atoms with Crippen LogP contribution in [0.15, 0.2) is 30.3 Å². The summed E-state index contributed by atoms with van der Waals surface area (Å²) in [6.45, 7) is 5.51. The molecule has 1 amide bonds. The molecule has 5 heteroatoms. The third kappa shape index (κ3) is 3.31. The molecule has 0 saturated heterocycles. The van der Waals surface area contributed by atoms with Crippen LogP contribution in [-0.2, 0) is 0 Å². The molecule has 1 aromatic carbocycles. The van der Waals surface area contributed by atoms with Crippen molar-refractivity contribution in [3.8, 4) is 0 Å². The summed E-state index contributed by atoms with van der Waals surface area (Å²) in [6.07, 6.45) is 0. The Morgan fingerprint density at radius 3 is 2.62 bits per heavy atom. The fourth-order valence-corrected chi connectivity index (χ4v) is 2.35. The van der Waals surface area contributed by atoms with E-state index in [0.717, 1.165) is 23.3 Å². The van der Waals surface area contributed by atoms with Gasteiger partial charge in [0.2, 0.25) is 5.91 Å². The van der Waals surface area contributed by atoms with Gasteiger partial charge in [0.05, 0.1) is 11.1 Å². The molecule has 1 heterocycles. The first-order valence-electron chi connectivity index (χ1n) is 6.95. The van der Waals surface area contributed by atoms with Crippen LogP contribution in [0.3, 0.4) is 0 Å². The highest BCUT2D eigenvalue weighted by atomic mass is 16.1. The largest absolute Gasteiger partial charge is 0.366 e. The molecule has 0 aliphatic carbocycles. The van der Waals surface area contributed by atoms with Gasteiger partial charge >= 0.3 is 0 Å². The van der Waals surface area contributed by atoms with Gasteiger partial charge in [-0.05, 0) is 24.1 Å². The minimum atomic E-state index is -0.443. The highest BCUT2D eigenvalue weighted by molar-refractivity contribution is 6.06. The van der Waals surface area contributed by atoms with Crippen LogP contribution in [0, 0.1) is 5.41 Å². The number of hydrogen-bond donors (Lipinski definition) is 2. The monoisotopic (exact) mass is 286 g/mol. The number of primary amides is 1. The number of carbonyl (C=O) groups excluding carboxylic acids is 1. The molecule has 0 aliphatic heterocycles. The fraction of sp³-hybridized carbons (Fsp3) is 0.375. The van der Waals surface area contributed by atoms with E-state index in [-0.39, 0.29) is 5.41 Å². The van der Waals surface area contributed by atoms with Gasteiger partial charge in [-0.2, -0.15) is 0 Å². The molecule has 0 unspecified atom stereocenters. The Morgan fingerprint density at radius 2 is 2.00 bits per heavy atom. The number of para-hydroxylation sites is 1. The normalized spacial score (nSPS) is 11.6. The molecular formula is C16H22N4O. The Balaban J connectivity index is 2.48. The Hall–Kier alpha value is -2.14. The second-order valence-electron chi connectivity index (χ2n) is 6.13. The van der Waals surface area contributed by atoms with E-state index in [9.17, 15) is 4.79 Å². The van der Waals surface area contributed by atoms with Crippen LogP contribution in [-0.4, -0.2) is 31.0 Å². The van der Waals surface area contributed by atoms with E-state index in [1.165, 1.54) is 0 Å². The summed E-state index contributed by atoms with van der Waals surface area (Å²) in [4.78, 5) is 18.3. The smallest absolute Gasteiger partial charge is 0.249 e. The van der Waals surface area contributed by atoms with Gasteiger partial charge in [-0.1, -0.05) is 32.0 Å². The highest BCUT2D eigenvalue weighted by Crippen LogP contribution is 2.24. The van der Waals surface area contributed by atoms with Crippen molar-refractivity contribution in [2.24, 2.45) is 16.9 Å². The molecule has 0 spiro atoms. The van der Waals surface area contributed by atoms with E-state index < -0.39 is 5.91 Å². The minimum Gasteiger partial charge on any atom is -0.366 e. The standard InChI is InChI=1S/C16H22N4O/c1-16(2,9-17)10-20(3)14-8-12(15(18)21)11-6-4-5-7-13(11)19-14/h4-8H,9-10,17H2,1-3H3,(H2,18,21). The first kappa shape index (κ1) is 15.3. The predicted octanol–water partition coefficient (Wildman–Crippen LogP) is 1.75. The first-order valence-corrected chi connectivity index (χ1v) is 6.95. The Kier molecular flexibility index (Phi) is 4.14. The molecule has 4 N–H and O–H groups in total. The molecule has 0 radical (unpaired) electrons. The Labute approximate surface area is 124 Å². The Bertz CT molecular complexity index is 666. The second-order valence-corrected chi connectivity index (χ2v) is 6.13. The summed E-state index contributed by atoms with van der Waals surface area (Å²) < 4.78 is 0. The minimum absolute atomic E-state index is 0.0328. The molecule has 0 bridgehead atoms. The number of rotatable bonds is 5. The fourth-order valence-electron chi connectivity index (χ4n) is 2.35. The van der Waals surface area contributed by atoms with Gasteiger partial charge in [-0.15, -0.1) is 0 Å². The van der Waals surface area contributed by atoms with Gasteiger partial charge in [-0.25, -0.2) is 4.98 Å². The molecule has 2 rings (SSSR count). The molecule has 0 saturated carbocycles. The molecular weight excluding hydrogens is 264 g/mol. The first-order chi connectivity index (χ1) is 9.84. The zero-order valence-electron chi connectivity index (χ0n) is 12.8. The lowest BCUT2D eigenvalue weighted by Crippen LogP contribution is -2.37. The molecule has 0 atom stereocenters. The van der Waals surface area contributed by atoms with E-state index in [4.69, 9.17) is 11.5 Å². The number of carbonyl (C=O) groups is 1. The van der Waals surface area contributed by atoms with Gasteiger partial charge in [0.1, 0.15) is 5.82 Å². The SMILES string of the molecule is CN(CC(C)(C)CN)c1cc(C(N)=O)c2ccccc2n1. The number of hydrogen-bond acceptors (Lipinski definition) is 4. The second kappa shape index (κ2) is 5.69. The summed E-state index contributed by atoms with van der Waals surface area (Å²) >= 11 is 0. The lowest BCUT2D eigenvalue weighted by Gasteiger charge is -2.30. The molecule has 0 fully saturated rings. The number of aromatic nitrogens is 1. The third-order valence-electron chi connectivity index (χ3n) is 3.58. The van der Waals surface area contributed by atoms with Crippen molar-refractivity contribution in [3.05, 3.63) is 35.9 Å². The number of nitrogens with two attached hydrogens (primary N) is 2. The molecule has 112 valence electrons. The topological polar surface area (TPSA) is 85.2 Å². The number of benzene rings is 1. The summed E-state index contributed by atoms with van der Waals surface area (Å²) in [5.74, 6) is 0.283. The highest BCUT2D eigenvalue weighted by Gasteiger charge is 2.20. The average Bonchev–Trinajstić information content (AvgIpc) is 2.45. The van der Waals surface area contributed by atoms with Crippen molar-refractivity contribution in [2.75, 3.05) is 25.0 Å². The van der Waals surface area contributed by atoms with Crippen LogP contribution in [0.1, 0.15) is 24.2 Å². The lowest BCUT2D eigenvalue weighted by molar-refractivity contribution is 0.100. The number of fused-ring (bicyclic) bond motifs is 1. The van der Waals surface area contributed by atoms with Gasteiger partial charge < -0.3 is 16.4 Å². The molecule has 5 nitrogen and oxygen atoms in total. The average molecular weight is 286 g/mol. The number of anilines is 1. The van der Waals surface area contributed by atoms with E-state index in [2.05, 4.69) is 18.8 Å². The summed E-state index contributed by atoms with van der Waals surface area (Å²) in [5.41, 5.74) is 12.5. The van der Waals surface area contributed by atoms with Crippen molar-refractivity contribution < 1.29 is 4.79 Å². The number of pyridine rings is 1. The van der Waals surface area contributed by atoms with Gasteiger partial charge in [0.15, 0.2) is 0 Å². The molecule has 21 heavy (non-hydrogen) atoms. The maximum Gasteiger partial charge on any atom is 0.249 e. The van der Waals surface area contributed by atoms with Crippen LogP contribution in [0.2, 0.25) is 0 Å². The van der Waals surface area contributed by atoms with Crippen LogP contribution in [0.4, 0.5) is 5.82 Å². The van der Waals surface area contributed by atoms with Crippen LogP contribution < -0.4 is 16.4 Å². The van der Waals surface area contributed by atoms with Crippen molar-refractivity contribution >= 4 is 22.6 Å². The van der Waals surface area contributed by atoms with Crippen molar-refractivity contribution in [1.29, 1.82) is 0 Å². The zero-order chi connectivity index (χ0) is 15.6. The van der Waals surface area contributed by atoms with Crippen LogP contribution in [0.5, 0.6) is 0 Å². The van der Waals surface area contributed by atoms with E-state index in [0.29, 0.717) is 12.1 Å². The summed E-state index contributed by atoms with van der Waals surface area (Å²) in [7, 11) is 1.94. The van der Waals surface area contributed by atoms with Crippen molar-refractivity contribution in [1.82, 2.24) is 4.98 Å². The summed E-state index contributed by atoms with van der Waals surface area (Å²) in [6, 6.07) is 9.26. The molecule has 1 aromatic heterocycles. The lowest BCUT2D eigenvalue weighted by atomic mass is 9.93. The van der Waals surface area contributed by atoms with Crippen molar-refractivity contribution in [3.63, 3.8) is 0 Å². The zero-order valence-corrected chi connectivity index (χ0v) is 12.8. The van der Waals surface area contributed by atoms with Crippen LogP contribution >= 0.6 is 0 Å². The molecule has 0 aliphatic rings. The maximum absolute atomic E-state index is 11.7. The van der Waals surface area contributed by atoms with E-state index >= 15 is 0 Å². The molecule has 2 aromatic rings. The van der Waals surface area contributed by atoms with Crippen LogP contribution in [0.25, 0.3) is 10.9 Å². The third-order valence-corrected chi connectivity index (χ3v) is 3.58. The Morgan fingerprint density at radius 1 is 1.33 bits per heavy atom. The van der Waals surface area contributed by atoms with Gasteiger partial charge in [0, 0.05) is 19.0 Å².